The van der Waals surface area contributed by atoms with Crippen LogP contribution in [0.2, 0.25) is 5.02 Å². The smallest absolute Gasteiger partial charge is 0.271 e. The third-order valence-electron chi connectivity index (χ3n) is 3.93. The van der Waals surface area contributed by atoms with Gasteiger partial charge in [0, 0.05) is 5.56 Å². The number of ether oxygens (including phenoxy) is 2. The van der Waals surface area contributed by atoms with Crippen LogP contribution in [0.4, 0.5) is 0 Å². The molecule has 0 unspecified atom stereocenters. The maximum absolute atomic E-state index is 12.1. The average molecular weight is 395 g/mol. The summed E-state index contributed by atoms with van der Waals surface area (Å²) in [7, 11) is 1.57. The number of rotatable bonds is 7. The van der Waals surface area contributed by atoms with Gasteiger partial charge in [-0.25, -0.2) is 5.43 Å². The highest BCUT2D eigenvalue weighted by Crippen LogP contribution is 2.25. The number of carbonyl (C=O) groups excluding carboxylic acids is 1. The molecule has 3 aromatic rings. The molecule has 0 atom stereocenters. The maximum atomic E-state index is 12.1. The van der Waals surface area contributed by atoms with E-state index in [0.29, 0.717) is 28.7 Å². The van der Waals surface area contributed by atoms with Crippen LogP contribution in [0.3, 0.4) is 0 Å². The molecule has 0 spiro atoms. The molecular formula is C22H19ClN2O3. The Labute approximate surface area is 168 Å². The van der Waals surface area contributed by atoms with Crippen molar-refractivity contribution in [2.75, 3.05) is 7.11 Å². The van der Waals surface area contributed by atoms with Gasteiger partial charge in [0.05, 0.1) is 18.3 Å². The van der Waals surface area contributed by atoms with Crippen LogP contribution in [0.5, 0.6) is 11.5 Å². The topological polar surface area (TPSA) is 59.9 Å². The van der Waals surface area contributed by atoms with Crippen molar-refractivity contribution < 1.29 is 14.3 Å². The summed E-state index contributed by atoms with van der Waals surface area (Å²) in [5, 5.41) is 4.44. The lowest BCUT2D eigenvalue weighted by Gasteiger charge is -2.08. The highest BCUT2D eigenvalue weighted by Gasteiger charge is 2.05. The Morgan fingerprint density at radius 2 is 1.82 bits per heavy atom. The summed E-state index contributed by atoms with van der Waals surface area (Å²) >= 11 is 6.28. The van der Waals surface area contributed by atoms with Crippen LogP contribution >= 0.6 is 11.6 Å². The predicted octanol–water partition coefficient (Wildman–Crippen LogP) is 4.69. The quantitative estimate of drug-likeness (QED) is 0.467. The summed E-state index contributed by atoms with van der Waals surface area (Å²) in [5.74, 6) is 0.960. The molecule has 0 aliphatic rings. The predicted molar refractivity (Wildman–Crippen MR) is 110 cm³/mol. The van der Waals surface area contributed by atoms with E-state index in [9.17, 15) is 4.79 Å². The van der Waals surface area contributed by atoms with Gasteiger partial charge in [0.2, 0.25) is 0 Å². The monoisotopic (exact) mass is 394 g/mol. The molecule has 28 heavy (non-hydrogen) atoms. The second-order valence-electron chi connectivity index (χ2n) is 5.89. The van der Waals surface area contributed by atoms with Gasteiger partial charge in [-0.2, -0.15) is 5.10 Å². The molecule has 5 nitrogen and oxygen atoms in total. The SMILES string of the molecule is COc1ccc(C(=O)N/N=C\c2ccc(OCc3ccccc3)c(Cl)c2)cc1. The van der Waals surface area contributed by atoms with Crippen molar-refractivity contribution in [3.8, 4) is 11.5 Å². The van der Waals surface area contributed by atoms with E-state index in [0.717, 1.165) is 11.1 Å². The Morgan fingerprint density at radius 1 is 1.07 bits per heavy atom. The van der Waals surface area contributed by atoms with Crippen molar-refractivity contribution in [1.82, 2.24) is 5.43 Å². The van der Waals surface area contributed by atoms with Gasteiger partial charge >= 0.3 is 0 Å². The third kappa shape index (κ3) is 5.34. The van der Waals surface area contributed by atoms with E-state index in [1.165, 1.54) is 6.21 Å². The summed E-state index contributed by atoms with van der Waals surface area (Å²) in [6, 6.07) is 21.9. The zero-order chi connectivity index (χ0) is 19.8. The number of halogens is 1. The first-order valence-corrected chi connectivity index (χ1v) is 8.97. The molecular weight excluding hydrogens is 376 g/mol. The van der Waals surface area contributed by atoms with Crippen LogP contribution in [-0.4, -0.2) is 19.2 Å². The number of nitrogens with zero attached hydrogens (tertiary/aromatic N) is 1. The molecule has 0 bridgehead atoms. The molecule has 0 aliphatic heterocycles. The summed E-state index contributed by atoms with van der Waals surface area (Å²) < 4.78 is 10.8. The van der Waals surface area contributed by atoms with Crippen molar-refractivity contribution in [2.24, 2.45) is 5.10 Å². The third-order valence-corrected chi connectivity index (χ3v) is 4.22. The molecule has 142 valence electrons. The highest BCUT2D eigenvalue weighted by molar-refractivity contribution is 6.32. The standard InChI is InChI=1S/C22H19ClN2O3/c1-27-19-10-8-18(9-11-19)22(26)25-24-14-17-7-12-21(20(23)13-17)28-15-16-5-3-2-4-6-16/h2-14H,15H2,1H3,(H,25,26)/b24-14-. The van der Waals surface area contributed by atoms with E-state index < -0.39 is 0 Å². The molecule has 0 aliphatic carbocycles. The van der Waals surface area contributed by atoms with Crippen molar-refractivity contribution in [3.63, 3.8) is 0 Å². The molecule has 1 amide bonds. The summed E-state index contributed by atoms with van der Waals surface area (Å²) in [6.07, 6.45) is 1.52. The molecule has 0 fully saturated rings. The molecule has 6 heteroatoms. The second-order valence-corrected chi connectivity index (χ2v) is 6.30. The molecule has 0 heterocycles. The Morgan fingerprint density at radius 3 is 2.50 bits per heavy atom. The Kier molecular flexibility index (Phi) is 6.65. The minimum atomic E-state index is -0.312. The second kappa shape index (κ2) is 9.58. The van der Waals surface area contributed by atoms with Crippen LogP contribution in [0.25, 0.3) is 0 Å². The Hall–Kier alpha value is -3.31. The van der Waals surface area contributed by atoms with E-state index in [2.05, 4.69) is 10.5 Å². The van der Waals surface area contributed by atoms with Gasteiger partial charge in [-0.1, -0.05) is 41.9 Å². The molecule has 0 saturated heterocycles. The molecule has 3 rings (SSSR count). The first-order chi connectivity index (χ1) is 13.7. The number of methoxy groups -OCH3 is 1. The molecule has 3 aromatic carbocycles. The number of hydrogen-bond donors (Lipinski definition) is 1. The van der Waals surface area contributed by atoms with Crippen LogP contribution in [0, 0.1) is 0 Å². The van der Waals surface area contributed by atoms with E-state index in [4.69, 9.17) is 21.1 Å². The van der Waals surface area contributed by atoms with Crippen LogP contribution in [0.1, 0.15) is 21.5 Å². The van der Waals surface area contributed by atoms with Crippen LogP contribution in [-0.2, 0) is 6.61 Å². The number of benzene rings is 3. The van der Waals surface area contributed by atoms with Gasteiger partial charge < -0.3 is 9.47 Å². The fourth-order valence-corrected chi connectivity index (χ4v) is 2.67. The van der Waals surface area contributed by atoms with E-state index >= 15 is 0 Å². The zero-order valence-corrected chi connectivity index (χ0v) is 16.0. The van der Waals surface area contributed by atoms with Gasteiger partial charge in [0.25, 0.3) is 5.91 Å². The minimum Gasteiger partial charge on any atom is -0.497 e. The van der Waals surface area contributed by atoms with Gasteiger partial charge in [-0.05, 0) is 53.6 Å². The Bertz CT molecular complexity index is 957. The van der Waals surface area contributed by atoms with Gasteiger partial charge in [0.15, 0.2) is 0 Å². The molecule has 0 radical (unpaired) electrons. The van der Waals surface area contributed by atoms with Crippen LogP contribution < -0.4 is 14.9 Å². The zero-order valence-electron chi connectivity index (χ0n) is 15.3. The van der Waals surface area contributed by atoms with Crippen molar-refractivity contribution >= 4 is 23.7 Å². The minimum absolute atomic E-state index is 0.312. The summed E-state index contributed by atoms with van der Waals surface area (Å²) in [6.45, 7) is 0.436. The summed E-state index contributed by atoms with van der Waals surface area (Å²) in [4.78, 5) is 12.1. The lowest BCUT2D eigenvalue weighted by Crippen LogP contribution is -2.17. The van der Waals surface area contributed by atoms with E-state index in [1.807, 2.05) is 36.4 Å². The lowest BCUT2D eigenvalue weighted by molar-refractivity contribution is 0.0955. The molecule has 0 saturated carbocycles. The summed E-state index contributed by atoms with van der Waals surface area (Å²) in [5.41, 5.74) is 4.77. The first-order valence-electron chi connectivity index (χ1n) is 8.59. The fraction of sp³-hybridized carbons (Fsp3) is 0.0909. The van der Waals surface area contributed by atoms with Gasteiger partial charge in [0.1, 0.15) is 18.1 Å². The van der Waals surface area contributed by atoms with Gasteiger partial charge in [-0.3, -0.25) is 4.79 Å². The van der Waals surface area contributed by atoms with Gasteiger partial charge in [-0.15, -0.1) is 0 Å². The Balaban J connectivity index is 1.56. The molecule has 1 N–H and O–H groups in total. The number of hydrogen-bond acceptors (Lipinski definition) is 4. The highest BCUT2D eigenvalue weighted by atomic mass is 35.5. The number of nitrogens with one attached hydrogen (secondary N) is 1. The van der Waals surface area contributed by atoms with E-state index in [-0.39, 0.29) is 5.91 Å². The lowest BCUT2D eigenvalue weighted by atomic mass is 10.2. The van der Waals surface area contributed by atoms with Crippen molar-refractivity contribution in [2.45, 2.75) is 6.61 Å². The molecule has 0 aromatic heterocycles. The van der Waals surface area contributed by atoms with Crippen molar-refractivity contribution in [1.29, 1.82) is 0 Å². The first kappa shape index (κ1) is 19.5. The van der Waals surface area contributed by atoms with E-state index in [1.54, 1.807) is 43.5 Å². The average Bonchev–Trinajstić information content (AvgIpc) is 2.74. The largest absolute Gasteiger partial charge is 0.497 e. The van der Waals surface area contributed by atoms with Crippen LogP contribution in [0.15, 0.2) is 77.9 Å². The maximum Gasteiger partial charge on any atom is 0.271 e. The normalized spacial score (nSPS) is 10.6. The number of amides is 1. The van der Waals surface area contributed by atoms with Crippen molar-refractivity contribution in [3.05, 3.63) is 94.5 Å². The fourth-order valence-electron chi connectivity index (χ4n) is 2.42. The number of carbonyl (C=O) groups is 1. The number of hydrazone groups is 1.